The first-order valence-electron chi connectivity index (χ1n) is 11.0. The van der Waals surface area contributed by atoms with E-state index in [2.05, 4.69) is 28.1 Å². The van der Waals surface area contributed by atoms with Crippen molar-refractivity contribution in [1.29, 1.82) is 0 Å². The third kappa shape index (κ3) is 4.03. The molecule has 2 aliphatic heterocycles. The van der Waals surface area contributed by atoms with E-state index < -0.39 is 0 Å². The molecule has 6 nitrogen and oxygen atoms in total. The highest BCUT2D eigenvalue weighted by Crippen LogP contribution is 2.54. The van der Waals surface area contributed by atoms with Gasteiger partial charge in [-0.2, -0.15) is 0 Å². The lowest BCUT2D eigenvalue weighted by Crippen LogP contribution is -2.51. The number of nitrogens with one attached hydrogen (secondary N) is 1. The van der Waals surface area contributed by atoms with Gasteiger partial charge in [-0.15, -0.1) is 0 Å². The van der Waals surface area contributed by atoms with Gasteiger partial charge >= 0.3 is 0 Å². The van der Waals surface area contributed by atoms with Crippen LogP contribution in [0.1, 0.15) is 32.6 Å². The SMILES string of the molecule is CCCCN1CCN(C(=O)CN2CCC3=C(C=C(C(=O)NC)C4CC34)C2)CC1. The van der Waals surface area contributed by atoms with Crippen molar-refractivity contribution in [2.45, 2.75) is 32.6 Å². The van der Waals surface area contributed by atoms with Gasteiger partial charge in [0.15, 0.2) is 0 Å². The Hall–Kier alpha value is -1.66. The first kappa shape index (κ1) is 19.6. The third-order valence-corrected chi connectivity index (χ3v) is 6.87. The average molecular weight is 387 g/mol. The Bertz CT molecular complexity index is 691. The quantitative estimate of drug-likeness (QED) is 0.747. The molecule has 1 N–H and O–H groups in total. The van der Waals surface area contributed by atoms with E-state index in [-0.39, 0.29) is 11.8 Å². The maximum atomic E-state index is 12.8. The second-order valence-corrected chi connectivity index (χ2v) is 8.71. The second kappa shape index (κ2) is 8.37. The fourth-order valence-corrected chi connectivity index (χ4v) is 5.05. The molecule has 0 aromatic heterocycles. The molecule has 4 rings (SSSR count). The maximum absolute atomic E-state index is 12.8. The molecule has 1 saturated heterocycles. The Morgan fingerprint density at radius 3 is 2.61 bits per heavy atom. The van der Waals surface area contributed by atoms with Crippen LogP contribution in [-0.4, -0.2) is 85.9 Å². The molecule has 154 valence electrons. The van der Waals surface area contributed by atoms with Crippen molar-refractivity contribution in [3.05, 3.63) is 22.8 Å². The molecule has 2 fully saturated rings. The van der Waals surface area contributed by atoms with Crippen LogP contribution in [0.3, 0.4) is 0 Å². The summed E-state index contributed by atoms with van der Waals surface area (Å²) in [5, 5.41) is 2.78. The van der Waals surface area contributed by atoms with Crippen molar-refractivity contribution < 1.29 is 9.59 Å². The summed E-state index contributed by atoms with van der Waals surface area (Å²) in [6.45, 7) is 9.37. The highest BCUT2D eigenvalue weighted by molar-refractivity contribution is 5.95. The van der Waals surface area contributed by atoms with E-state index in [1.54, 1.807) is 12.6 Å². The lowest BCUT2D eigenvalue weighted by Gasteiger charge is -2.37. The number of piperazine rings is 1. The maximum Gasteiger partial charge on any atom is 0.247 e. The van der Waals surface area contributed by atoms with Gasteiger partial charge in [0, 0.05) is 51.9 Å². The summed E-state index contributed by atoms with van der Waals surface area (Å²) in [5.74, 6) is 1.35. The van der Waals surface area contributed by atoms with E-state index in [1.165, 1.54) is 18.4 Å². The zero-order valence-electron chi connectivity index (χ0n) is 17.4. The predicted molar refractivity (Wildman–Crippen MR) is 110 cm³/mol. The number of carbonyl (C=O) groups is 2. The Labute approximate surface area is 168 Å². The van der Waals surface area contributed by atoms with E-state index in [0.29, 0.717) is 18.4 Å². The zero-order valence-corrected chi connectivity index (χ0v) is 17.4. The molecule has 2 atom stereocenters. The summed E-state index contributed by atoms with van der Waals surface area (Å²) in [5.41, 5.74) is 3.79. The van der Waals surface area contributed by atoms with Crippen molar-refractivity contribution in [3.8, 4) is 0 Å². The summed E-state index contributed by atoms with van der Waals surface area (Å²) >= 11 is 0. The minimum Gasteiger partial charge on any atom is -0.355 e. The topological polar surface area (TPSA) is 55.9 Å². The third-order valence-electron chi connectivity index (χ3n) is 6.87. The smallest absolute Gasteiger partial charge is 0.247 e. The molecule has 28 heavy (non-hydrogen) atoms. The summed E-state index contributed by atoms with van der Waals surface area (Å²) in [7, 11) is 1.71. The van der Waals surface area contributed by atoms with Crippen LogP contribution in [0.4, 0.5) is 0 Å². The van der Waals surface area contributed by atoms with Crippen LogP contribution in [0.25, 0.3) is 0 Å². The van der Waals surface area contributed by atoms with Crippen LogP contribution in [0.15, 0.2) is 22.8 Å². The molecule has 1 saturated carbocycles. The van der Waals surface area contributed by atoms with Gasteiger partial charge < -0.3 is 10.2 Å². The molecule has 2 unspecified atom stereocenters. The van der Waals surface area contributed by atoms with Gasteiger partial charge in [-0.25, -0.2) is 0 Å². The summed E-state index contributed by atoms with van der Waals surface area (Å²) in [6.07, 6.45) is 6.76. The van der Waals surface area contributed by atoms with E-state index in [1.807, 2.05) is 4.90 Å². The number of hydrogen-bond donors (Lipinski definition) is 1. The number of nitrogens with zero attached hydrogens (tertiary/aromatic N) is 3. The van der Waals surface area contributed by atoms with Crippen LogP contribution >= 0.6 is 0 Å². The number of carbonyl (C=O) groups excluding carboxylic acids is 2. The number of likely N-dealkylation sites (N-methyl/N-ethyl adjacent to an activating group) is 1. The molecule has 0 aromatic rings. The zero-order chi connectivity index (χ0) is 19.7. The van der Waals surface area contributed by atoms with Gasteiger partial charge in [0.1, 0.15) is 0 Å². The molecule has 0 bridgehead atoms. The minimum atomic E-state index is 0.0631. The van der Waals surface area contributed by atoms with Gasteiger partial charge in [-0.05, 0) is 49.3 Å². The molecular weight excluding hydrogens is 352 g/mol. The van der Waals surface area contributed by atoms with Gasteiger partial charge in [0.2, 0.25) is 11.8 Å². The Kier molecular flexibility index (Phi) is 5.88. The van der Waals surface area contributed by atoms with Crippen LogP contribution in [0, 0.1) is 11.8 Å². The van der Waals surface area contributed by atoms with E-state index in [9.17, 15) is 9.59 Å². The largest absolute Gasteiger partial charge is 0.355 e. The van der Waals surface area contributed by atoms with E-state index in [4.69, 9.17) is 0 Å². The fraction of sp³-hybridized carbons (Fsp3) is 0.727. The van der Waals surface area contributed by atoms with Crippen LogP contribution in [0.2, 0.25) is 0 Å². The fourth-order valence-electron chi connectivity index (χ4n) is 5.05. The molecule has 0 aromatic carbocycles. The highest BCUT2D eigenvalue weighted by Gasteiger charge is 2.48. The molecule has 4 aliphatic rings. The van der Waals surface area contributed by atoms with Crippen LogP contribution in [-0.2, 0) is 9.59 Å². The van der Waals surface area contributed by atoms with Gasteiger partial charge in [-0.3, -0.25) is 19.4 Å². The minimum absolute atomic E-state index is 0.0631. The monoisotopic (exact) mass is 386 g/mol. The van der Waals surface area contributed by atoms with Gasteiger partial charge in [-0.1, -0.05) is 18.9 Å². The number of hydrogen-bond acceptors (Lipinski definition) is 4. The lowest BCUT2D eigenvalue weighted by molar-refractivity contribution is -0.134. The number of rotatable bonds is 6. The number of fused-ring (bicyclic) bond motifs is 2. The Morgan fingerprint density at radius 1 is 1.11 bits per heavy atom. The van der Waals surface area contributed by atoms with Gasteiger partial charge in [0.25, 0.3) is 0 Å². The predicted octanol–water partition coefficient (Wildman–Crippen LogP) is 1.26. The summed E-state index contributed by atoms with van der Waals surface area (Å²) in [6, 6.07) is 0. The molecule has 0 radical (unpaired) electrons. The average Bonchev–Trinajstić information content (AvgIpc) is 3.52. The van der Waals surface area contributed by atoms with Gasteiger partial charge in [0.05, 0.1) is 6.54 Å². The van der Waals surface area contributed by atoms with E-state index >= 15 is 0 Å². The Balaban J connectivity index is 1.31. The Morgan fingerprint density at radius 2 is 1.89 bits per heavy atom. The number of amides is 2. The van der Waals surface area contributed by atoms with Crippen molar-refractivity contribution in [3.63, 3.8) is 0 Å². The molecule has 6 heteroatoms. The standard InChI is InChI=1S/C22H34N4O2/c1-3-4-6-24-8-10-26(11-9-24)21(27)15-25-7-5-17-16(14-25)12-20(22(28)23-2)19-13-18(17)19/h12,18-19H,3-11,13-15H2,1-2H3,(H,23,28). The van der Waals surface area contributed by atoms with Crippen molar-refractivity contribution in [2.75, 3.05) is 59.4 Å². The van der Waals surface area contributed by atoms with Crippen LogP contribution < -0.4 is 5.32 Å². The first-order chi connectivity index (χ1) is 13.6. The van der Waals surface area contributed by atoms with E-state index in [0.717, 1.165) is 64.2 Å². The normalized spacial score (nSPS) is 27.8. The van der Waals surface area contributed by atoms with Crippen molar-refractivity contribution in [1.82, 2.24) is 20.0 Å². The summed E-state index contributed by atoms with van der Waals surface area (Å²) in [4.78, 5) is 31.7. The molecule has 2 heterocycles. The highest BCUT2D eigenvalue weighted by atomic mass is 16.2. The van der Waals surface area contributed by atoms with Crippen molar-refractivity contribution in [2.24, 2.45) is 11.8 Å². The van der Waals surface area contributed by atoms with Crippen LogP contribution in [0.5, 0.6) is 0 Å². The molecular formula is C22H34N4O2. The lowest BCUT2D eigenvalue weighted by atomic mass is 9.87. The molecule has 2 aliphatic carbocycles. The first-order valence-corrected chi connectivity index (χ1v) is 11.0. The summed E-state index contributed by atoms with van der Waals surface area (Å²) < 4.78 is 0. The second-order valence-electron chi connectivity index (χ2n) is 8.71. The van der Waals surface area contributed by atoms with Crippen molar-refractivity contribution >= 4 is 11.8 Å². The molecule has 2 amide bonds. The molecule has 0 spiro atoms. The number of unbranched alkanes of at least 4 members (excludes halogenated alkanes) is 1.